The number of carbonyl (C=O) groups is 1. The maximum atomic E-state index is 13.6. The number of sulfonamides is 2. The van der Waals surface area contributed by atoms with Crippen LogP contribution in [0.15, 0.2) is 107 Å². The van der Waals surface area contributed by atoms with Crippen molar-refractivity contribution in [1.82, 2.24) is 0 Å². The summed E-state index contributed by atoms with van der Waals surface area (Å²) in [7, 11) is -8.11. The molecule has 4 aromatic carbocycles. The normalized spacial score (nSPS) is 11.5. The van der Waals surface area contributed by atoms with Gasteiger partial charge in [-0.05, 0) is 98.8 Å². The first-order valence-corrected chi connectivity index (χ1v) is 15.4. The average molecular weight is 598 g/mol. The number of nitrogens with zero attached hydrogens (tertiary/aromatic N) is 1. The van der Waals surface area contributed by atoms with Gasteiger partial charge in [0.25, 0.3) is 20.0 Å². The zero-order valence-corrected chi connectivity index (χ0v) is 23.9. The molecule has 4 rings (SSSR count). The van der Waals surface area contributed by atoms with Gasteiger partial charge in [-0.15, -0.1) is 0 Å². The Morgan fingerprint density at radius 3 is 1.93 bits per heavy atom. The van der Waals surface area contributed by atoms with Crippen molar-refractivity contribution in [2.24, 2.45) is 0 Å². The first-order chi connectivity index (χ1) is 19.5. The second kappa shape index (κ2) is 12.4. The van der Waals surface area contributed by atoms with E-state index in [1.54, 1.807) is 31.2 Å². The first-order valence-electron chi connectivity index (χ1n) is 12.5. The molecule has 12 heteroatoms. The molecule has 0 bridgehead atoms. The minimum absolute atomic E-state index is 0.0258. The third-order valence-electron chi connectivity index (χ3n) is 5.88. The van der Waals surface area contributed by atoms with Gasteiger partial charge < -0.3 is 10.1 Å². The van der Waals surface area contributed by atoms with Gasteiger partial charge in [-0.25, -0.2) is 21.2 Å². The third kappa shape index (κ3) is 7.41. The van der Waals surface area contributed by atoms with Crippen LogP contribution < -0.4 is 19.1 Å². The lowest BCUT2D eigenvalue weighted by Gasteiger charge is -2.24. The predicted octanol–water partition coefficient (Wildman–Crippen LogP) is 5.17. The van der Waals surface area contributed by atoms with Gasteiger partial charge in [0.2, 0.25) is 5.91 Å². The smallest absolute Gasteiger partial charge is 0.264 e. The lowest BCUT2D eigenvalue weighted by molar-refractivity contribution is -0.114. The van der Waals surface area contributed by atoms with Crippen molar-refractivity contribution in [2.75, 3.05) is 27.5 Å². The molecule has 2 N–H and O–H groups in total. The van der Waals surface area contributed by atoms with Crippen LogP contribution in [0.5, 0.6) is 5.75 Å². The van der Waals surface area contributed by atoms with E-state index in [-0.39, 0.29) is 21.2 Å². The second-order valence-electron chi connectivity index (χ2n) is 8.94. The minimum atomic E-state index is -4.24. The van der Waals surface area contributed by atoms with Gasteiger partial charge in [0.15, 0.2) is 0 Å². The van der Waals surface area contributed by atoms with Crippen LogP contribution in [0, 0.1) is 12.7 Å². The summed E-state index contributed by atoms with van der Waals surface area (Å²) in [6, 6.07) is 22.7. The summed E-state index contributed by atoms with van der Waals surface area (Å²) in [5.74, 6) is -0.780. The molecule has 0 aliphatic rings. The molecule has 4 aromatic rings. The van der Waals surface area contributed by atoms with E-state index >= 15 is 0 Å². The van der Waals surface area contributed by atoms with Gasteiger partial charge in [-0.3, -0.25) is 13.8 Å². The van der Waals surface area contributed by atoms with Gasteiger partial charge in [0, 0.05) is 11.4 Å². The summed E-state index contributed by atoms with van der Waals surface area (Å²) in [6.07, 6.45) is 0. The fourth-order valence-corrected chi connectivity index (χ4v) is 6.29. The van der Waals surface area contributed by atoms with Crippen LogP contribution >= 0.6 is 0 Å². The highest BCUT2D eigenvalue weighted by Crippen LogP contribution is 2.26. The molecule has 0 heterocycles. The molecule has 9 nitrogen and oxygen atoms in total. The maximum absolute atomic E-state index is 13.6. The van der Waals surface area contributed by atoms with E-state index < -0.39 is 38.3 Å². The minimum Gasteiger partial charge on any atom is -0.494 e. The van der Waals surface area contributed by atoms with Crippen LogP contribution in [-0.2, 0) is 24.8 Å². The summed E-state index contributed by atoms with van der Waals surface area (Å²) < 4.78 is 74.9. The Kier molecular flexibility index (Phi) is 8.94. The number of anilines is 3. The third-order valence-corrected chi connectivity index (χ3v) is 9.06. The molecule has 0 aromatic heterocycles. The summed E-state index contributed by atoms with van der Waals surface area (Å²) in [5, 5.41) is 2.58. The number of amides is 1. The fourth-order valence-electron chi connectivity index (χ4n) is 3.81. The van der Waals surface area contributed by atoms with Crippen LogP contribution in [-0.4, -0.2) is 35.9 Å². The largest absolute Gasteiger partial charge is 0.494 e. The van der Waals surface area contributed by atoms with Crippen molar-refractivity contribution in [3.05, 3.63) is 108 Å². The molecule has 0 saturated carbocycles. The first kappa shape index (κ1) is 29.6. The van der Waals surface area contributed by atoms with Gasteiger partial charge >= 0.3 is 0 Å². The zero-order valence-electron chi connectivity index (χ0n) is 22.2. The summed E-state index contributed by atoms with van der Waals surface area (Å²) in [5.41, 5.74) is 1.72. The number of aryl methyl sites for hydroxylation is 1. The number of nitrogens with one attached hydrogen (secondary N) is 2. The Morgan fingerprint density at radius 1 is 0.780 bits per heavy atom. The topological polar surface area (TPSA) is 122 Å². The number of hydrogen-bond donors (Lipinski definition) is 2. The number of rotatable bonds is 11. The van der Waals surface area contributed by atoms with E-state index in [1.807, 2.05) is 6.92 Å². The molecule has 0 radical (unpaired) electrons. The lowest BCUT2D eigenvalue weighted by atomic mass is 10.2. The average Bonchev–Trinajstić information content (AvgIpc) is 2.94. The van der Waals surface area contributed by atoms with Crippen LogP contribution in [0.2, 0.25) is 0 Å². The van der Waals surface area contributed by atoms with Gasteiger partial charge in [-0.1, -0.05) is 17.7 Å². The predicted molar refractivity (Wildman–Crippen MR) is 156 cm³/mol. The van der Waals surface area contributed by atoms with E-state index in [0.717, 1.165) is 22.0 Å². The maximum Gasteiger partial charge on any atom is 0.264 e. The molecule has 0 spiro atoms. The summed E-state index contributed by atoms with van der Waals surface area (Å²) in [4.78, 5) is 12.9. The van der Waals surface area contributed by atoms with Gasteiger partial charge in [0.1, 0.15) is 18.1 Å². The van der Waals surface area contributed by atoms with Crippen LogP contribution in [0.3, 0.4) is 0 Å². The van der Waals surface area contributed by atoms with Crippen LogP contribution in [0.1, 0.15) is 12.5 Å². The Balaban J connectivity index is 1.52. The van der Waals surface area contributed by atoms with E-state index in [4.69, 9.17) is 4.74 Å². The van der Waals surface area contributed by atoms with Crippen molar-refractivity contribution in [3.8, 4) is 5.75 Å². The Labute approximate surface area is 238 Å². The highest BCUT2D eigenvalue weighted by molar-refractivity contribution is 7.93. The van der Waals surface area contributed by atoms with Crippen molar-refractivity contribution in [2.45, 2.75) is 23.6 Å². The molecule has 41 heavy (non-hydrogen) atoms. The number of ether oxygens (including phenoxy) is 1. The quantitative estimate of drug-likeness (QED) is 0.246. The summed E-state index contributed by atoms with van der Waals surface area (Å²) >= 11 is 0. The number of hydrogen-bond acceptors (Lipinski definition) is 6. The Morgan fingerprint density at radius 2 is 1.34 bits per heavy atom. The van der Waals surface area contributed by atoms with Crippen LogP contribution in [0.4, 0.5) is 21.5 Å². The molecule has 1 amide bonds. The molecule has 214 valence electrons. The molecule has 0 unspecified atom stereocenters. The molecule has 0 saturated heterocycles. The van der Waals surface area contributed by atoms with Gasteiger partial charge in [-0.2, -0.15) is 0 Å². The lowest BCUT2D eigenvalue weighted by Crippen LogP contribution is -2.38. The molecule has 0 aliphatic heterocycles. The molecule has 0 atom stereocenters. The molecular weight excluding hydrogens is 569 g/mol. The molecular formula is C29H28FN3O6S2. The monoisotopic (exact) mass is 597 g/mol. The highest BCUT2D eigenvalue weighted by atomic mass is 32.2. The van der Waals surface area contributed by atoms with Crippen molar-refractivity contribution < 1.29 is 30.8 Å². The fraction of sp³-hybridized carbons (Fsp3) is 0.138. The van der Waals surface area contributed by atoms with E-state index in [1.165, 1.54) is 60.7 Å². The standard InChI is InChI=1S/C29H28FN3O6S2/c1-3-39-26-14-18-28(19-15-26)41(37,38)33(25-12-6-22(30)7-13-25)20-29(34)31-23-10-16-27(17-11-23)40(35,36)32-24-8-4-21(2)5-9-24/h4-19,32H,3,20H2,1-2H3,(H,31,34). The van der Waals surface area contributed by atoms with E-state index in [9.17, 15) is 26.0 Å². The number of halogens is 1. The Bertz CT molecular complexity index is 1710. The van der Waals surface area contributed by atoms with Crippen molar-refractivity contribution in [1.29, 1.82) is 0 Å². The molecule has 0 fully saturated rings. The van der Waals surface area contributed by atoms with E-state index in [2.05, 4.69) is 10.0 Å². The zero-order chi connectivity index (χ0) is 29.6. The number of carbonyl (C=O) groups excluding carboxylic acids is 1. The molecule has 0 aliphatic carbocycles. The van der Waals surface area contributed by atoms with Gasteiger partial charge in [0.05, 0.1) is 22.1 Å². The second-order valence-corrected chi connectivity index (χ2v) is 12.5. The van der Waals surface area contributed by atoms with E-state index in [0.29, 0.717) is 18.0 Å². The number of benzene rings is 4. The summed E-state index contributed by atoms with van der Waals surface area (Å²) in [6.45, 7) is 3.47. The van der Waals surface area contributed by atoms with Crippen LogP contribution in [0.25, 0.3) is 0 Å². The SMILES string of the molecule is CCOc1ccc(S(=O)(=O)N(CC(=O)Nc2ccc(S(=O)(=O)Nc3ccc(C)cc3)cc2)c2ccc(F)cc2)cc1. The van der Waals surface area contributed by atoms with Crippen molar-refractivity contribution >= 4 is 43.0 Å². The Hall–Kier alpha value is -4.42. The highest BCUT2D eigenvalue weighted by Gasteiger charge is 2.27. The van der Waals surface area contributed by atoms with Crippen molar-refractivity contribution in [3.63, 3.8) is 0 Å².